The van der Waals surface area contributed by atoms with Gasteiger partial charge in [0.25, 0.3) is 6.30 Å². The van der Waals surface area contributed by atoms with Crippen LogP contribution >= 0.6 is 0 Å². The summed E-state index contributed by atoms with van der Waals surface area (Å²) >= 11 is 0. The third-order valence-corrected chi connectivity index (χ3v) is 2.30. The monoisotopic (exact) mass is 236 g/mol. The number of carboxylic acid groups (broad SMARTS) is 1. The Kier molecular flexibility index (Phi) is 4.57. The fourth-order valence-electron chi connectivity index (χ4n) is 1.49. The minimum atomic E-state index is -2.46. The number of quaternary nitrogens is 1. The van der Waals surface area contributed by atoms with Gasteiger partial charge in [0.15, 0.2) is 5.78 Å². The van der Waals surface area contributed by atoms with Crippen molar-refractivity contribution in [3.05, 3.63) is 0 Å². The van der Waals surface area contributed by atoms with Gasteiger partial charge in [-0.1, -0.05) is 6.92 Å². The predicted molar refractivity (Wildman–Crippen MR) is 55.4 cm³/mol. The summed E-state index contributed by atoms with van der Waals surface area (Å²) in [6, 6.07) is 0. The molecule has 2 atom stereocenters. The van der Waals surface area contributed by atoms with Gasteiger partial charge in [0.2, 0.25) is 5.60 Å². The first-order valence-electron chi connectivity index (χ1n) is 4.98. The van der Waals surface area contributed by atoms with Gasteiger partial charge in [0.05, 0.1) is 27.6 Å². The van der Waals surface area contributed by atoms with Gasteiger partial charge < -0.3 is 10.2 Å². The zero-order valence-electron chi connectivity index (χ0n) is 10.0. The van der Waals surface area contributed by atoms with Crippen molar-refractivity contribution in [3.8, 4) is 0 Å². The number of halogens is 1. The summed E-state index contributed by atoms with van der Waals surface area (Å²) in [5.74, 6) is -2.20. The summed E-state index contributed by atoms with van der Waals surface area (Å²) in [4.78, 5) is 22.1. The number of nitrogens with zero attached hydrogens (tertiary/aromatic N) is 1. The van der Waals surface area contributed by atoms with Crippen LogP contribution in [0.2, 0.25) is 0 Å². The number of aliphatic hydroxyl groups is 1. The van der Waals surface area contributed by atoms with Crippen molar-refractivity contribution in [2.45, 2.75) is 31.7 Å². The number of Topliss-reactive ketones (excluding diaryl/α,β-unsaturated/α-hetero) is 1. The number of likely N-dealkylation sites (N-methyl/N-ethyl adjacent to an activating group) is 1. The lowest BCUT2D eigenvalue weighted by Gasteiger charge is -2.37. The number of ketones is 1. The Labute approximate surface area is 94.1 Å². The second-order valence-electron chi connectivity index (χ2n) is 4.72. The van der Waals surface area contributed by atoms with Gasteiger partial charge in [-0.05, 0) is 0 Å². The van der Waals surface area contributed by atoms with Crippen LogP contribution in [0.3, 0.4) is 0 Å². The van der Waals surface area contributed by atoms with Crippen molar-refractivity contribution >= 4 is 11.8 Å². The van der Waals surface area contributed by atoms with Crippen LogP contribution in [0.1, 0.15) is 19.8 Å². The number of carboxylic acids is 1. The van der Waals surface area contributed by atoms with Gasteiger partial charge in [-0.3, -0.25) is 14.1 Å². The van der Waals surface area contributed by atoms with Crippen LogP contribution in [0, 0.1) is 0 Å². The minimum Gasteiger partial charge on any atom is -0.481 e. The Morgan fingerprint density at radius 1 is 1.38 bits per heavy atom. The lowest BCUT2D eigenvalue weighted by Crippen LogP contribution is -2.60. The van der Waals surface area contributed by atoms with E-state index in [2.05, 4.69) is 0 Å². The quantitative estimate of drug-likeness (QED) is 0.509. The molecule has 16 heavy (non-hydrogen) atoms. The summed E-state index contributed by atoms with van der Waals surface area (Å²) in [6.07, 6.45) is -3.00. The number of hydrogen-bond donors (Lipinski definition) is 2. The van der Waals surface area contributed by atoms with E-state index >= 15 is 0 Å². The highest BCUT2D eigenvalue weighted by Crippen LogP contribution is 2.26. The summed E-state index contributed by atoms with van der Waals surface area (Å²) < 4.78 is 13.7. The van der Waals surface area contributed by atoms with Crippen molar-refractivity contribution in [1.29, 1.82) is 0 Å². The van der Waals surface area contributed by atoms with Crippen molar-refractivity contribution in [2.24, 2.45) is 0 Å². The fraction of sp³-hybridized carbons (Fsp3) is 0.800. The second kappa shape index (κ2) is 4.88. The largest absolute Gasteiger partial charge is 0.481 e. The van der Waals surface area contributed by atoms with Crippen LogP contribution in [0.5, 0.6) is 0 Å². The van der Waals surface area contributed by atoms with Crippen molar-refractivity contribution in [2.75, 3.05) is 21.1 Å². The predicted octanol–water partition coefficient (Wildman–Crippen LogP) is 0.173. The molecule has 0 aliphatic rings. The Morgan fingerprint density at radius 2 is 1.81 bits per heavy atom. The van der Waals surface area contributed by atoms with Gasteiger partial charge in [-0.25, -0.2) is 0 Å². The van der Waals surface area contributed by atoms with E-state index in [9.17, 15) is 19.1 Å². The smallest absolute Gasteiger partial charge is 0.307 e. The topological polar surface area (TPSA) is 74.6 Å². The maximum Gasteiger partial charge on any atom is 0.307 e. The lowest BCUT2D eigenvalue weighted by molar-refractivity contribution is -0.917. The standard InChI is InChI=1S/C10H18FNO4/c1-5-7(13)10(16,6-8(14)15)9(11)12(2,3)4/h9,16H,5-6H2,1-4H3/p+1/t9?,10-/m0/s1. The van der Waals surface area contributed by atoms with Crippen LogP contribution in [-0.4, -0.2) is 59.5 Å². The summed E-state index contributed by atoms with van der Waals surface area (Å²) in [5, 5.41) is 18.6. The Hall–Kier alpha value is -1.01. The fourth-order valence-corrected chi connectivity index (χ4v) is 1.49. The average Bonchev–Trinajstić information content (AvgIpc) is 2.12. The highest BCUT2D eigenvalue weighted by Gasteiger charge is 2.52. The molecule has 5 nitrogen and oxygen atoms in total. The van der Waals surface area contributed by atoms with Gasteiger partial charge >= 0.3 is 5.97 Å². The molecule has 0 spiro atoms. The molecule has 0 aromatic heterocycles. The van der Waals surface area contributed by atoms with Crippen LogP contribution < -0.4 is 0 Å². The molecular weight excluding hydrogens is 217 g/mol. The SMILES string of the molecule is CCC(=O)[C@@](O)(CC(=O)O)C(F)[N+](C)(C)C. The Balaban J connectivity index is 5.23. The molecule has 0 fully saturated rings. The molecule has 2 N–H and O–H groups in total. The first-order chi connectivity index (χ1) is 7.05. The molecule has 0 heterocycles. The molecule has 6 heteroatoms. The van der Waals surface area contributed by atoms with E-state index < -0.39 is 30.1 Å². The summed E-state index contributed by atoms with van der Waals surface area (Å²) in [6.45, 7) is 1.46. The molecule has 0 aromatic carbocycles. The molecule has 0 aliphatic heterocycles. The lowest BCUT2D eigenvalue weighted by atomic mass is 9.90. The van der Waals surface area contributed by atoms with Crippen LogP contribution in [-0.2, 0) is 9.59 Å². The summed E-state index contributed by atoms with van der Waals surface area (Å²) in [5.41, 5.74) is -2.46. The molecule has 0 saturated carbocycles. The number of aliphatic carboxylic acids is 1. The molecular formula is C10H19FNO4+. The zero-order valence-corrected chi connectivity index (χ0v) is 10.0. The molecule has 1 unspecified atom stereocenters. The molecule has 94 valence electrons. The number of carbonyl (C=O) groups excluding carboxylic acids is 1. The first kappa shape index (κ1) is 15.0. The van der Waals surface area contributed by atoms with Crippen molar-refractivity contribution in [1.82, 2.24) is 0 Å². The van der Waals surface area contributed by atoms with E-state index in [0.29, 0.717) is 0 Å². The third kappa shape index (κ3) is 3.24. The molecule has 0 rings (SSSR count). The van der Waals surface area contributed by atoms with Gasteiger partial charge in [0, 0.05) is 6.42 Å². The maximum absolute atomic E-state index is 14.0. The molecule has 0 aromatic rings. The number of rotatable bonds is 6. The average molecular weight is 236 g/mol. The van der Waals surface area contributed by atoms with E-state index in [4.69, 9.17) is 5.11 Å². The van der Waals surface area contributed by atoms with Gasteiger partial charge in [-0.2, -0.15) is 4.39 Å². The maximum atomic E-state index is 14.0. The van der Waals surface area contributed by atoms with Crippen LogP contribution in [0.15, 0.2) is 0 Å². The van der Waals surface area contributed by atoms with Crippen molar-refractivity contribution < 1.29 is 28.7 Å². The molecule has 0 radical (unpaired) electrons. The Morgan fingerprint density at radius 3 is 2.06 bits per heavy atom. The molecule has 0 bridgehead atoms. The van der Waals surface area contributed by atoms with E-state index in [0.717, 1.165) is 0 Å². The van der Waals surface area contributed by atoms with E-state index in [-0.39, 0.29) is 10.9 Å². The third-order valence-electron chi connectivity index (χ3n) is 2.30. The normalized spacial score (nSPS) is 17.6. The first-order valence-corrected chi connectivity index (χ1v) is 4.98. The van der Waals surface area contributed by atoms with Crippen molar-refractivity contribution in [3.63, 3.8) is 0 Å². The summed E-state index contributed by atoms with van der Waals surface area (Å²) in [7, 11) is 4.33. The zero-order chi connectivity index (χ0) is 13.1. The van der Waals surface area contributed by atoms with Gasteiger partial charge in [-0.15, -0.1) is 0 Å². The number of carbonyl (C=O) groups is 2. The molecule has 0 saturated heterocycles. The van der Waals surface area contributed by atoms with E-state index in [1.807, 2.05) is 0 Å². The minimum absolute atomic E-state index is 0.107. The highest BCUT2D eigenvalue weighted by molar-refractivity contribution is 5.91. The van der Waals surface area contributed by atoms with Crippen LogP contribution in [0.25, 0.3) is 0 Å². The number of hydrogen-bond acceptors (Lipinski definition) is 3. The Bertz CT molecular complexity index is 287. The van der Waals surface area contributed by atoms with E-state index in [1.165, 1.54) is 28.1 Å². The molecule has 0 amide bonds. The molecule has 0 aliphatic carbocycles. The highest BCUT2D eigenvalue weighted by atomic mass is 19.1. The van der Waals surface area contributed by atoms with Crippen LogP contribution in [0.4, 0.5) is 4.39 Å². The van der Waals surface area contributed by atoms with Gasteiger partial charge in [0.1, 0.15) is 0 Å². The van der Waals surface area contributed by atoms with E-state index in [1.54, 1.807) is 0 Å². The second-order valence-corrected chi connectivity index (χ2v) is 4.72. The number of alkyl halides is 1.